The zero-order valence-corrected chi connectivity index (χ0v) is 10.0. The van der Waals surface area contributed by atoms with Crippen LogP contribution in [0.3, 0.4) is 0 Å². The van der Waals surface area contributed by atoms with Crippen molar-refractivity contribution in [3.63, 3.8) is 0 Å². The van der Waals surface area contributed by atoms with E-state index in [2.05, 4.69) is 15.3 Å². The minimum atomic E-state index is -0.677. The topological polar surface area (TPSA) is 50.7 Å². The van der Waals surface area contributed by atoms with Crippen LogP contribution in [0, 0.1) is 0 Å². The molecule has 0 amide bonds. The average Bonchev–Trinajstić information content (AvgIpc) is 2.28. The normalized spacial score (nSPS) is 11.1. The summed E-state index contributed by atoms with van der Waals surface area (Å²) in [6, 6.07) is 6.96. The van der Waals surface area contributed by atoms with Crippen LogP contribution in [0.1, 0.15) is 6.92 Å². The van der Waals surface area contributed by atoms with Crippen molar-refractivity contribution in [1.82, 2.24) is 0 Å². The van der Waals surface area contributed by atoms with Gasteiger partial charge in [0.25, 0.3) is 0 Å². The molecule has 0 radical (unpaired) electrons. The second kappa shape index (κ2) is 6.35. The number of carbonyl (C=O) groups excluding carboxylic acids is 1. The van der Waals surface area contributed by atoms with Crippen LogP contribution in [-0.4, -0.2) is 17.7 Å². The second-order valence-electron chi connectivity index (χ2n) is 2.71. The summed E-state index contributed by atoms with van der Waals surface area (Å²) in [6.07, 6.45) is 0. The first-order valence-electron chi connectivity index (χ1n) is 4.56. The van der Waals surface area contributed by atoms with Gasteiger partial charge in [0.1, 0.15) is 0 Å². The number of para-hydroxylation sites is 1. The third-order valence-corrected chi connectivity index (χ3v) is 2.16. The lowest BCUT2D eigenvalue weighted by Crippen LogP contribution is -2.13. The third kappa shape index (κ3) is 3.72. The molecular weight excluding hydrogens is 251 g/mol. The molecule has 0 saturated carbocycles. The number of esters is 1. The first-order valence-corrected chi connectivity index (χ1v) is 5.31. The molecule has 0 aliphatic carbocycles. The zero-order valence-electron chi connectivity index (χ0n) is 8.54. The number of hydrazone groups is 1. The minimum absolute atomic E-state index is 0.247. The van der Waals surface area contributed by atoms with Crippen molar-refractivity contribution in [1.29, 1.82) is 0 Å². The van der Waals surface area contributed by atoms with Gasteiger partial charge in [0.15, 0.2) is 0 Å². The number of halogens is 2. The molecule has 0 heterocycles. The van der Waals surface area contributed by atoms with E-state index in [9.17, 15) is 4.79 Å². The van der Waals surface area contributed by atoms with Crippen LogP contribution in [0.5, 0.6) is 0 Å². The molecule has 86 valence electrons. The molecule has 0 aliphatic heterocycles. The molecule has 0 saturated heterocycles. The minimum Gasteiger partial charge on any atom is -0.461 e. The quantitative estimate of drug-likeness (QED) is 0.515. The summed E-state index contributed by atoms with van der Waals surface area (Å²) in [7, 11) is 0. The highest BCUT2D eigenvalue weighted by Crippen LogP contribution is 2.20. The summed E-state index contributed by atoms with van der Waals surface area (Å²) in [4.78, 5) is 11.1. The molecule has 0 bridgehead atoms. The van der Waals surface area contributed by atoms with Crippen molar-refractivity contribution in [2.24, 2.45) is 5.10 Å². The zero-order chi connectivity index (χ0) is 12.0. The lowest BCUT2D eigenvalue weighted by atomic mass is 10.3. The van der Waals surface area contributed by atoms with Crippen LogP contribution < -0.4 is 5.43 Å². The summed E-state index contributed by atoms with van der Waals surface area (Å²) < 4.78 is 4.65. The Hall–Kier alpha value is -1.26. The van der Waals surface area contributed by atoms with Gasteiger partial charge in [0.2, 0.25) is 5.17 Å². The Balaban J connectivity index is 2.66. The highest BCUT2D eigenvalue weighted by atomic mass is 35.5. The molecule has 6 heteroatoms. The van der Waals surface area contributed by atoms with Gasteiger partial charge in [-0.3, -0.25) is 5.43 Å². The maximum atomic E-state index is 11.1. The number of rotatable bonds is 4. The van der Waals surface area contributed by atoms with E-state index in [-0.39, 0.29) is 11.8 Å². The standard InChI is InChI=1S/C10H10Cl2N2O2/c1-2-16-10(15)9(12)14-13-8-6-4-3-5-7(8)11/h3-6,13H,2H2,1H3/b14-9-. The van der Waals surface area contributed by atoms with E-state index >= 15 is 0 Å². The Morgan fingerprint density at radius 3 is 2.81 bits per heavy atom. The van der Waals surface area contributed by atoms with E-state index in [0.717, 1.165) is 0 Å². The Bertz CT molecular complexity index is 408. The number of anilines is 1. The highest BCUT2D eigenvalue weighted by Gasteiger charge is 2.09. The molecule has 0 fully saturated rings. The molecule has 0 spiro atoms. The Morgan fingerprint density at radius 1 is 1.50 bits per heavy atom. The molecule has 4 nitrogen and oxygen atoms in total. The van der Waals surface area contributed by atoms with Gasteiger partial charge in [-0.1, -0.05) is 35.3 Å². The lowest BCUT2D eigenvalue weighted by Gasteiger charge is -2.03. The molecular formula is C10H10Cl2N2O2. The molecule has 0 unspecified atom stereocenters. The van der Waals surface area contributed by atoms with Crippen LogP contribution in [-0.2, 0) is 9.53 Å². The van der Waals surface area contributed by atoms with Crippen LogP contribution in [0.4, 0.5) is 5.69 Å². The van der Waals surface area contributed by atoms with Crippen LogP contribution in [0.2, 0.25) is 5.02 Å². The number of nitrogens with zero attached hydrogens (tertiary/aromatic N) is 1. The first kappa shape index (κ1) is 12.8. The fourth-order valence-corrected chi connectivity index (χ4v) is 1.17. The third-order valence-electron chi connectivity index (χ3n) is 1.59. The summed E-state index contributed by atoms with van der Waals surface area (Å²) in [5.74, 6) is -0.677. The van der Waals surface area contributed by atoms with Gasteiger partial charge < -0.3 is 4.74 Å². The van der Waals surface area contributed by atoms with Crippen molar-refractivity contribution in [3.05, 3.63) is 29.3 Å². The van der Waals surface area contributed by atoms with Gasteiger partial charge in [0, 0.05) is 0 Å². The van der Waals surface area contributed by atoms with Crippen molar-refractivity contribution in [2.75, 3.05) is 12.0 Å². The van der Waals surface area contributed by atoms with Gasteiger partial charge >= 0.3 is 5.97 Å². The Morgan fingerprint density at radius 2 is 2.19 bits per heavy atom. The largest absolute Gasteiger partial charge is 0.461 e. The summed E-state index contributed by atoms with van der Waals surface area (Å²) in [6.45, 7) is 1.93. The molecule has 0 aliphatic rings. The van der Waals surface area contributed by atoms with E-state index in [1.54, 1.807) is 31.2 Å². The predicted molar refractivity (Wildman–Crippen MR) is 65.0 cm³/mol. The molecule has 1 N–H and O–H groups in total. The first-order chi connectivity index (χ1) is 7.65. The lowest BCUT2D eigenvalue weighted by molar-refractivity contribution is -0.134. The molecule has 0 aromatic heterocycles. The molecule has 1 aromatic rings. The SMILES string of the molecule is CCOC(=O)/C(Cl)=N/Nc1ccccc1Cl. The van der Waals surface area contributed by atoms with E-state index < -0.39 is 5.97 Å². The van der Waals surface area contributed by atoms with Crippen molar-refractivity contribution >= 4 is 40.0 Å². The van der Waals surface area contributed by atoms with Gasteiger partial charge in [-0.2, -0.15) is 5.10 Å². The van der Waals surface area contributed by atoms with Crippen molar-refractivity contribution in [2.45, 2.75) is 6.92 Å². The summed E-state index contributed by atoms with van der Waals surface area (Å²) in [5.41, 5.74) is 3.14. The van der Waals surface area contributed by atoms with E-state index in [1.807, 2.05) is 0 Å². The predicted octanol–water partition coefficient (Wildman–Crippen LogP) is 2.87. The summed E-state index contributed by atoms with van der Waals surface area (Å²) >= 11 is 11.4. The maximum absolute atomic E-state index is 11.1. The van der Waals surface area contributed by atoms with Crippen LogP contribution >= 0.6 is 23.2 Å². The molecule has 16 heavy (non-hydrogen) atoms. The van der Waals surface area contributed by atoms with E-state index in [0.29, 0.717) is 10.7 Å². The fourth-order valence-electron chi connectivity index (χ4n) is 0.897. The second-order valence-corrected chi connectivity index (χ2v) is 3.48. The number of carbonyl (C=O) groups is 1. The monoisotopic (exact) mass is 260 g/mol. The van der Waals surface area contributed by atoms with Gasteiger partial charge in [0.05, 0.1) is 17.3 Å². The smallest absolute Gasteiger partial charge is 0.370 e. The summed E-state index contributed by atoms with van der Waals surface area (Å²) in [5, 5.41) is 3.86. The van der Waals surface area contributed by atoms with E-state index in [4.69, 9.17) is 23.2 Å². The average molecular weight is 261 g/mol. The Kier molecular flexibility index (Phi) is 5.08. The number of hydrogen-bond donors (Lipinski definition) is 1. The molecule has 1 rings (SSSR count). The number of hydrogen-bond acceptors (Lipinski definition) is 4. The number of ether oxygens (including phenoxy) is 1. The Labute approximate surface area is 103 Å². The van der Waals surface area contributed by atoms with Crippen LogP contribution in [0.15, 0.2) is 29.4 Å². The van der Waals surface area contributed by atoms with Crippen molar-refractivity contribution < 1.29 is 9.53 Å². The van der Waals surface area contributed by atoms with Crippen molar-refractivity contribution in [3.8, 4) is 0 Å². The maximum Gasteiger partial charge on any atom is 0.370 e. The number of nitrogens with one attached hydrogen (secondary N) is 1. The van der Waals surface area contributed by atoms with Crippen LogP contribution in [0.25, 0.3) is 0 Å². The number of benzene rings is 1. The van der Waals surface area contributed by atoms with Gasteiger partial charge in [-0.15, -0.1) is 0 Å². The van der Waals surface area contributed by atoms with Gasteiger partial charge in [-0.25, -0.2) is 4.79 Å². The molecule has 1 aromatic carbocycles. The molecule has 0 atom stereocenters. The highest BCUT2D eigenvalue weighted by molar-refractivity contribution is 6.82. The fraction of sp³-hybridized carbons (Fsp3) is 0.200. The van der Waals surface area contributed by atoms with E-state index in [1.165, 1.54) is 0 Å². The van der Waals surface area contributed by atoms with Gasteiger partial charge in [-0.05, 0) is 19.1 Å².